The van der Waals surface area contributed by atoms with Crippen molar-refractivity contribution in [3.63, 3.8) is 0 Å². The lowest BCUT2D eigenvalue weighted by Gasteiger charge is -2.26. The number of halogens is 1. The maximum atomic E-state index is 12.9. The van der Waals surface area contributed by atoms with Gasteiger partial charge in [-0.2, -0.15) is 0 Å². The van der Waals surface area contributed by atoms with Crippen molar-refractivity contribution in [3.8, 4) is 0 Å². The molecule has 0 heterocycles. The largest absolute Gasteiger partial charge is 0.311 e. The van der Waals surface area contributed by atoms with E-state index in [-0.39, 0.29) is 5.82 Å². The summed E-state index contributed by atoms with van der Waals surface area (Å²) in [5.41, 5.74) is 1.19. The maximum absolute atomic E-state index is 12.9. The van der Waals surface area contributed by atoms with E-state index in [1.54, 1.807) is 12.1 Å². The summed E-state index contributed by atoms with van der Waals surface area (Å²) < 4.78 is 12.9. The third-order valence-corrected chi connectivity index (χ3v) is 3.49. The first-order valence-electron chi connectivity index (χ1n) is 7.87. The minimum absolute atomic E-state index is 0.160. The zero-order valence-corrected chi connectivity index (χ0v) is 13.6. The molecule has 0 saturated carbocycles. The Morgan fingerprint density at radius 2 is 1.40 bits per heavy atom. The highest BCUT2D eigenvalue weighted by Crippen LogP contribution is 2.15. The van der Waals surface area contributed by atoms with Crippen LogP contribution >= 0.6 is 0 Å². The fourth-order valence-corrected chi connectivity index (χ4v) is 2.81. The molecular weight excluding hydrogens is 249 g/mol. The molecule has 0 fully saturated rings. The number of benzene rings is 1. The smallest absolute Gasteiger partial charge is 0.123 e. The van der Waals surface area contributed by atoms with Gasteiger partial charge in [-0.3, -0.25) is 0 Å². The van der Waals surface area contributed by atoms with Crippen LogP contribution in [0.15, 0.2) is 24.3 Å². The van der Waals surface area contributed by atoms with Crippen LogP contribution in [-0.2, 0) is 6.42 Å². The topological polar surface area (TPSA) is 12.0 Å². The molecule has 1 N–H and O–H groups in total. The van der Waals surface area contributed by atoms with Crippen LogP contribution in [0.5, 0.6) is 0 Å². The van der Waals surface area contributed by atoms with Gasteiger partial charge in [0.2, 0.25) is 0 Å². The lowest BCUT2D eigenvalue weighted by Crippen LogP contribution is -2.39. The Balaban J connectivity index is 2.51. The van der Waals surface area contributed by atoms with Crippen molar-refractivity contribution in [1.29, 1.82) is 0 Å². The predicted octanol–water partition coefficient (Wildman–Crippen LogP) is 4.81. The Morgan fingerprint density at radius 3 is 1.85 bits per heavy atom. The molecule has 0 aliphatic rings. The SMILES string of the molecule is CC(C)CC(CC(C)C)NC(C)Cc1ccc(F)cc1. The molecule has 0 radical (unpaired) electrons. The summed E-state index contributed by atoms with van der Waals surface area (Å²) in [5.74, 6) is 1.26. The molecule has 1 unspecified atom stereocenters. The quantitative estimate of drug-likeness (QED) is 0.720. The fourth-order valence-electron chi connectivity index (χ4n) is 2.81. The van der Waals surface area contributed by atoms with Gasteiger partial charge in [-0.05, 0) is 55.7 Å². The molecule has 20 heavy (non-hydrogen) atoms. The summed E-state index contributed by atoms with van der Waals surface area (Å²) >= 11 is 0. The minimum atomic E-state index is -0.160. The summed E-state index contributed by atoms with van der Waals surface area (Å²) in [6.07, 6.45) is 3.38. The second kappa shape index (κ2) is 8.41. The number of hydrogen-bond donors (Lipinski definition) is 1. The third kappa shape index (κ3) is 7.04. The third-order valence-electron chi connectivity index (χ3n) is 3.49. The molecular formula is C18H30FN. The van der Waals surface area contributed by atoms with Gasteiger partial charge >= 0.3 is 0 Å². The number of rotatable bonds is 8. The van der Waals surface area contributed by atoms with Crippen LogP contribution in [0.3, 0.4) is 0 Å². The first-order chi connectivity index (χ1) is 9.36. The monoisotopic (exact) mass is 279 g/mol. The molecule has 0 spiro atoms. The van der Waals surface area contributed by atoms with Gasteiger partial charge in [0.05, 0.1) is 0 Å². The first kappa shape index (κ1) is 17.2. The van der Waals surface area contributed by atoms with E-state index in [1.165, 1.54) is 18.4 Å². The molecule has 1 nitrogen and oxygen atoms in total. The van der Waals surface area contributed by atoms with Crippen LogP contribution in [0, 0.1) is 17.7 Å². The van der Waals surface area contributed by atoms with E-state index in [0.29, 0.717) is 23.9 Å². The first-order valence-corrected chi connectivity index (χ1v) is 7.87. The highest BCUT2D eigenvalue weighted by molar-refractivity contribution is 5.17. The van der Waals surface area contributed by atoms with E-state index in [0.717, 1.165) is 6.42 Å². The summed E-state index contributed by atoms with van der Waals surface area (Å²) in [6.45, 7) is 11.3. The van der Waals surface area contributed by atoms with Gasteiger partial charge in [-0.25, -0.2) is 4.39 Å². The highest BCUT2D eigenvalue weighted by Gasteiger charge is 2.15. The van der Waals surface area contributed by atoms with E-state index in [9.17, 15) is 4.39 Å². The molecule has 0 aromatic heterocycles. The molecule has 0 aliphatic carbocycles. The fraction of sp³-hybridized carbons (Fsp3) is 0.667. The van der Waals surface area contributed by atoms with Gasteiger partial charge in [0.25, 0.3) is 0 Å². The van der Waals surface area contributed by atoms with Crippen molar-refractivity contribution < 1.29 is 4.39 Å². The van der Waals surface area contributed by atoms with Crippen molar-refractivity contribution >= 4 is 0 Å². The zero-order valence-electron chi connectivity index (χ0n) is 13.6. The molecule has 1 aromatic carbocycles. The molecule has 0 amide bonds. The van der Waals surface area contributed by atoms with Crippen molar-refractivity contribution in [1.82, 2.24) is 5.32 Å². The average molecular weight is 279 g/mol. The normalized spacial score (nSPS) is 13.4. The summed E-state index contributed by atoms with van der Waals surface area (Å²) in [4.78, 5) is 0. The Labute approximate surface area is 124 Å². The van der Waals surface area contributed by atoms with Crippen LogP contribution < -0.4 is 5.32 Å². The molecule has 0 aliphatic heterocycles. The summed E-state index contributed by atoms with van der Waals surface area (Å²) in [6, 6.07) is 7.85. The second-order valence-corrected chi connectivity index (χ2v) is 6.85. The molecule has 0 bridgehead atoms. The summed E-state index contributed by atoms with van der Waals surface area (Å²) in [7, 11) is 0. The second-order valence-electron chi connectivity index (χ2n) is 6.85. The highest BCUT2D eigenvalue weighted by atomic mass is 19.1. The molecule has 0 saturated heterocycles. The van der Waals surface area contributed by atoms with Crippen LogP contribution in [-0.4, -0.2) is 12.1 Å². The van der Waals surface area contributed by atoms with E-state index < -0.39 is 0 Å². The van der Waals surface area contributed by atoms with Crippen LogP contribution in [0.4, 0.5) is 4.39 Å². The van der Waals surface area contributed by atoms with E-state index in [4.69, 9.17) is 0 Å². The van der Waals surface area contributed by atoms with Crippen molar-refractivity contribution in [2.75, 3.05) is 0 Å². The van der Waals surface area contributed by atoms with Gasteiger partial charge in [-0.1, -0.05) is 39.8 Å². The van der Waals surface area contributed by atoms with Gasteiger partial charge in [-0.15, -0.1) is 0 Å². The average Bonchev–Trinajstić information content (AvgIpc) is 2.30. The van der Waals surface area contributed by atoms with Gasteiger partial charge in [0, 0.05) is 12.1 Å². The minimum Gasteiger partial charge on any atom is -0.311 e. The molecule has 1 rings (SSSR count). The predicted molar refractivity (Wildman–Crippen MR) is 85.4 cm³/mol. The van der Waals surface area contributed by atoms with Crippen molar-refractivity contribution in [2.45, 2.75) is 66.0 Å². The number of nitrogens with one attached hydrogen (secondary N) is 1. The zero-order chi connectivity index (χ0) is 15.1. The van der Waals surface area contributed by atoms with Crippen LogP contribution in [0.2, 0.25) is 0 Å². The summed E-state index contributed by atoms with van der Waals surface area (Å²) in [5, 5.41) is 3.75. The molecule has 2 heteroatoms. The van der Waals surface area contributed by atoms with Gasteiger partial charge in [0.15, 0.2) is 0 Å². The Hall–Kier alpha value is -0.890. The van der Waals surface area contributed by atoms with Gasteiger partial charge < -0.3 is 5.32 Å². The molecule has 114 valence electrons. The van der Waals surface area contributed by atoms with Crippen molar-refractivity contribution in [2.24, 2.45) is 11.8 Å². The lowest BCUT2D eigenvalue weighted by atomic mass is 9.94. The Bertz CT molecular complexity index is 360. The van der Waals surface area contributed by atoms with E-state index in [2.05, 4.69) is 39.9 Å². The van der Waals surface area contributed by atoms with Crippen LogP contribution in [0.25, 0.3) is 0 Å². The maximum Gasteiger partial charge on any atom is 0.123 e. The Morgan fingerprint density at radius 1 is 0.900 bits per heavy atom. The molecule has 1 atom stereocenters. The van der Waals surface area contributed by atoms with Gasteiger partial charge in [0.1, 0.15) is 5.82 Å². The van der Waals surface area contributed by atoms with Crippen LogP contribution in [0.1, 0.15) is 53.0 Å². The van der Waals surface area contributed by atoms with E-state index in [1.807, 2.05) is 12.1 Å². The van der Waals surface area contributed by atoms with Crippen molar-refractivity contribution in [3.05, 3.63) is 35.6 Å². The standard InChI is InChI=1S/C18H30FN/c1-13(2)10-18(11-14(3)4)20-15(5)12-16-6-8-17(19)9-7-16/h6-9,13-15,18,20H,10-12H2,1-5H3. The number of hydrogen-bond acceptors (Lipinski definition) is 1. The van der Waals surface area contributed by atoms with E-state index >= 15 is 0 Å². The Kier molecular flexibility index (Phi) is 7.22. The lowest BCUT2D eigenvalue weighted by molar-refractivity contribution is 0.332. The molecule has 1 aromatic rings.